The van der Waals surface area contributed by atoms with E-state index < -0.39 is 0 Å². The Kier molecular flexibility index (Phi) is 1.94. The molecule has 0 aliphatic heterocycles. The molecule has 4 saturated carbocycles. The zero-order valence-electron chi connectivity index (χ0n) is 9.34. The van der Waals surface area contributed by atoms with E-state index in [1.54, 1.807) is 0 Å². The highest BCUT2D eigenvalue weighted by Crippen LogP contribution is 2.55. The van der Waals surface area contributed by atoms with Crippen molar-refractivity contribution >= 4 is 0 Å². The summed E-state index contributed by atoms with van der Waals surface area (Å²) in [5, 5.41) is 7.22. The molecule has 0 saturated heterocycles. The summed E-state index contributed by atoms with van der Waals surface area (Å²) in [7, 11) is 4.31. The first-order valence-electron chi connectivity index (χ1n) is 6.13. The molecule has 2 N–H and O–H groups in total. The molecule has 80 valence electrons. The molecule has 2 nitrogen and oxygen atoms in total. The van der Waals surface area contributed by atoms with Crippen molar-refractivity contribution in [2.75, 3.05) is 14.1 Å². The Morgan fingerprint density at radius 1 is 1.00 bits per heavy atom. The minimum atomic E-state index is 0.448. The molecule has 14 heavy (non-hydrogen) atoms. The van der Waals surface area contributed by atoms with Crippen molar-refractivity contribution in [1.82, 2.24) is 10.6 Å². The van der Waals surface area contributed by atoms with Crippen LogP contribution in [0, 0.1) is 17.8 Å². The molecule has 0 spiro atoms. The van der Waals surface area contributed by atoms with Crippen LogP contribution in [0.25, 0.3) is 0 Å². The Bertz CT molecular complexity index is 224. The lowest BCUT2D eigenvalue weighted by Crippen LogP contribution is -2.69. The lowest BCUT2D eigenvalue weighted by molar-refractivity contribution is -0.0454. The Hall–Kier alpha value is -0.0800. The minimum Gasteiger partial charge on any atom is -0.315 e. The second-order valence-electron chi connectivity index (χ2n) is 5.78. The highest BCUT2D eigenvalue weighted by atomic mass is 15.1. The molecular formula is C12H22N2. The SMILES string of the molecule is CNC1C2CC3CC(C2)CC1(NC)C3. The molecule has 4 bridgehead atoms. The quantitative estimate of drug-likeness (QED) is 0.694. The summed E-state index contributed by atoms with van der Waals surface area (Å²) in [5.74, 6) is 3.02. The zero-order chi connectivity index (χ0) is 9.76. The molecule has 2 heteroatoms. The van der Waals surface area contributed by atoms with Crippen molar-refractivity contribution in [2.24, 2.45) is 17.8 Å². The van der Waals surface area contributed by atoms with Crippen molar-refractivity contribution in [2.45, 2.75) is 43.7 Å². The van der Waals surface area contributed by atoms with Gasteiger partial charge in [-0.25, -0.2) is 0 Å². The van der Waals surface area contributed by atoms with Crippen LogP contribution < -0.4 is 10.6 Å². The summed E-state index contributed by atoms with van der Waals surface area (Å²) in [6.07, 6.45) is 7.34. The van der Waals surface area contributed by atoms with Gasteiger partial charge in [0.15, 0.2) is 0 Å². The summed E-state index contributed by atoms with van der Waals surface area (Å²) >= 11 is 0. The van der Waals surface area contributed by atoms with Gasteiger partial charge in [-0.1, -0.05) is 0 Å². The molecule has 3 atom stereocenters. The summed E-state index contributed by atoms with van der Waals surface area (Å²) in [5.41, 5.74) is 0.448. The average molecular weight is 194 g/mol. The molecule has 4 fully saturated rings. The number of nitrogens with one attached hydrogen (secondary N) is 2. The van der Waals surface area contributed by atoms with E-state index in [-0.39, 0.29) is 0 Å². The molecule has 0 radical (unpaired) electrons. The van der Waals surface area contributed by atoms with E-state index in [4.69, 9.17) is 0 Å². The molecule has 0 aromatic carbocycles. The smallest absolute Gasteiger partial charge is 0.0340 e. The zero-order valence-corrected chi connectivity index (χ0v) is 9.34. The molecule has 0 aromatic rings. The van der Waals surface area contributed by atoms with Gasteiger partial charge in [0, 0.05) is 11.6 Å². The third-order valence-electron chi connectivity index (χ3n) is 5.12. The maximum Gasteiger partial charge on any atom is 0.0340 e. The lowest BCUT2D eigenvalue weighted by Gasteiger charge is -2.61. The predicted octanol–water partition coefficient (Wildman–Crippen LogP) is 1.37. The van der Waals surface area contributed by atoms with Crippen LogP contribution in [0.1, 0.15) is 32.1 Å². The Labute approximate surface area is 86.8 Å². The van der Waals surface area contributed by atoms with Crippen LogP contribution in [0.2, 0.25) is 0 Å². The largest absolute Gasteiger partial charge is 0.315 e. The van der Waals surface area contributed by atoms with Gasteiger partial charge in [-0.3, -0.25) is 0 Å². The van der Waals surface area contributed by atoms with Crippen LogP contribution >= 0.6 is 0 Å². The Morgan fingerprint density at radius 3 is 2.14 bits per heavy atom. The van der Waals surface area contributed by atoms with E-state index in [1.165, 1.54) is 32.1 Å². The van der Waals surface area contributed by atoms with Gasteiger partial charge < -0.3 is 10.6 Å². The number of hydrogen-bond donors (Lipinski definition) is 2. The van der Waals surface area contributed by atoms with Gasteiger partial charge in [0.25, 0.3) is 0 Å². The van der Waals surface area contributed by atoms with Gasteiger partial charge in [0.05, 0.1) is 0 Å². The highest BCUT2D eigenvalue weighted by molar-refractivity contribution is 5.13. The second-order valence-corrected chi connectivity index (χ2v) is 5.78. The summed E-state index contributed by atoms with van der Waals surface area (Å²) in [4.78, 5) is 0. The molecule has 4 aliphatic rings. The molecule has 0 aromatic heterocycles. The van der Waals surface area contributed by atoms with Crippen molar-refractivity contribution in [3.05, 3.63) is 0 Å². The first-order valence-corrected chi connectivity index (χ1v) is 6.13. The average Bonchev–Trinajstić information content (AvgIpc) is 2.16. The van der Waals surface area contributed by atoms with E-state index in [9.17, 15) is 0 Å². The summed E-state index contributed by atoms with van der Waals surface area (Å²) in [6.45, 7) is 0. The third kappa shape index (κ3) is 1.04. The maximum atomic E-state index is 3.65. The topological polar surface area (TPSA) is 24.1 Å². The van der Waals surface area contributed by atoms with Crippen LogP contribution in [0.3, 0.4) is 0 Å². The van der Waals surface area contributed by atoms with Crippen molar-refractivity contribution in [1.29, 1.82) is 0 Å². The van der Waals surface area contributed by atoms with Crippen LogP contribution in [0.5, 0.6) is 0 Å². The fourth-order valence-corrected chi connectivity index (χ4v) is 4.91. The highest BCUT2D eigenvalue weighted by Gasteiger charge is 2.55. The summed E-state index contributed by atoms with van der Waals surface area (Å²) < 4.78 is 0. The van der Waals surface area contributed by atoms with Crippen LogP contribution in [0.15, 0.2) is 0 Å². The molecular weight excluding hydrogens is 172 g/mol. The van der Waals surface area contributed by atoms with E-state index in [0.717, 1.165) is 23.8 Å². The minimum absolute atomic E-state index is 0.448. The van der Waals surface area contributed by atoms with Crippen molar-refractivity contribution < 1.29 is 0 Å². The van der Waals surface area contributed by atoms with E-state index >= 15 is 0 Å². The predicted molar refractivity (Wildman–Crippen MR) is 58.2 cm³/mol. The maximum absolute atomic E-state index is 3.65. The number of rotatable bonds is 2. The van der Waals surface area contributed by atoms with Gasteiger partial charge in [0.1, 0.15) is 0 Å². The number of likely N-dealkylation sites (N-methyl/N-ethyl adjacent to an activating group) is 2. The molecule has 0 amide bonds. The standard InChI is InChI=1S/C12H22N2/c1-13-11-10-4-8-3-9(5-10)7-12(11,6-8)14-2/h8-11,13-14H,3-7H2,1-2H3. The Balaban J connectivity index is 1.94. The van der Waals surface area contributed by atoms with Gasteiger partial charge in [-0.2, -0.15) is 0 Å². The van der Waals surface area contributed by atoms with Gasteiger partial charge in [0.2, 0.25) is 0 Å². The van der Waals surface area contributed by atoms with Crippen molar-refractivity contribution in [3.8, 4) is 0 Å². The fourth-order valence-electron chi connectivity index (χ4n) is 4.91. The fraction of sp³-hybridized carbons (Fsp3) is 1.00. The van der Waals surface area contributed by atoms with E-state index in [1.807, 2.05) is 0 Å². The first kappa shape index (κ1) is 9.17. The second kappa shape index (κ2) is 2.96. The van der Waals surface area contributed by atoms with Crippen LogP contribution in [0.4, 0.5) is 0 Å². The normalized spacial score (nSPS) is 55.3. The van der Waals surface area contributed by atoms with E-state index in [0.29, 0.717) is 5.54 Å². The van der Waals surface area contributed by atoms with Crippen LogP contribution in [-0.2, 0) is 0 Å². The Morgan fingerprint density at radius 2 is 1.64 bits per heavy atom. The van der Waals surface area contributed by atoms with Gasteiger partial charge in [-0.15, -0.1) is 0 Å². The molecule has 4 rings (SSSR count). The van der Waals surface area contributed by atoms with Crippen LogP contribution in [-0.4, -0.2) is 25.7 Å². The molecule has 0 heterocycles. The van der Waals surface area contributed by atoms with E-state index in [2.05, 4.69) is 24.7 Å². The monoisotopic (exact) mass is 194 g/mol. The lowest BCUT2D eigenvalue weighted by atomic mass is 9.50. The van der Waals surface area contributed by atoms with Gasteiger partial charge >= 0.3 is 0 Å². The molecule has 3 unspecified atom stereocenters. The summed E-state index contributed by atoms with van der Waals surface area (Å²) in [6, 6.07) is 0.736. The van der Waals surface area contributed by atoms with Crippen molar-refractivity contribution in [3.63, 3.8) is 0 Å². The number of hydrogen-bond acceptors (Lipinski definition) is 2. The van der Waals surface area contributed by atoms with Gasteiger partial charge in [-0.05, 0) is 64.0 Å². The first-order chi connectivity index (χ1) is 6.77. The third-order valence-corrected chi connectivity index (χ3v) is 5.12. The molecule has 4 aliphatic carbocycles.